The van der Waals surface area contributed by atoms with E-state index in [4.69, 9.17) is 0 Å². The lowest BCUT2D eigenvalue weighted by molar-refractivity contribution is -0.138. The Morgan fingerprint density at radius 3 is 2.23 bits per heavy atom. The summed E-state index contributed by atoms with van der Waals surface area (Å²) in [5, 5.41) is 5.31. The van der Waals surface area contributed by atoms with E-state index in [0.717, 1.165) is 11.6 Å². The van der Waals surface area contributed by atoms with Crippen LogP contribution in [0.25, 0.3) is 0 Å². The maximum atomic E-state index is 11.6. The molecule has 0 heterocycles. The molecule has 1 amide bonds. The highest BCUT2D eigenvalue weighted by atomic mass is 16.5. The van der Waals surface area contributed by atoms with Gasteiger partial charge in [-0.15, -0.1) is 0 Å². The quantitative estimate of drug-likeness (QED) is 0.591. The molecule has 0 aliphatic rings. The average molecular weight is 306 g/mol. The van der Waals surface area contributed by atoms with E-state index in [9.17, 15) is 14.4 Å². The molecule has 0 fully saturated rings. The van der Waals surface area contributed by atoms with Gasteiger partial charge in [0.15, 0.2) is 0 Å². The second-order valence-corrected chi connectivity index (χ2v) is 4.24. The molecular weight excluding hydrogens is 288 g/mol. The van der Waals surface area contributed by atoms with Gasteiger partial charge in [-0.3, -0.25) is 4.79 Å². The summed E-state index contributed by atoms with van der Waals surface area (Å²) in [6, 6.07) is 6.86. The van der Waals surface area contributed by atoms with Crippen molar-refractivity contribution in [1.82, 2.24) is 5.32 Å². The number of hydrogen-bond acceptors (Lipinski definition) is 6. The first kappa shape index (κ1) is 17.2. The van der Waals surface area contributed by atoms with Gasteiger partial charge in [0.1, 0.15) is 5.70 Å². The number of esters is 2. The van der Waals surface area contributed by atoms with Crippen LogP contribution in [0.3, 0.4) is 0 Å². The van der Waals surface area contributed by atoms with Gasteiger partial charge < -0.3 is 20.1 Å². The van der Waals surface area contributed by atoms with Crippen molar-refractivity contribution in [2.45, 2.75) is 6.42 Å². The Balaban J connectivity index is 2.86. The molecule has 0 atom stereocenters. The zero-order chi connectivity index (χ0) is 16.5. The van der Waals surface area contributed by atoms with E-state index in [1.807, 2.05) is 0 Å². The molecule has 22 heavy (non-hydrogen) atoms. The molecular formula is C15H18N2O5. The zero-order valence-corrected chi connectivity index (χ0v) is 12.6. The van der Waals surface area contributed by atoms with E-state index in [1.54, 1.807) is 31.3 Å². The van der Waals surface area contributed by atoms with E-state index in [0.29, 0.717) is 5.69 Å². The lowest BCUT2D eigenvalue weighted by Gasteiger charge is -2.09. The van der Waals surface area contributed by atoms with Gasteiger partial charge in [0, 0.05) is 12.7 Å². The van der Waals surface area contributed by atoms with E-state index in [1.165, 1.54) is 14.2 Å². The zero-order valence-electron chi connectivity index (χ0n) is 12.6. The maximum Gasteiger partial charge on any atom is 0.354 e. The van der Waals surface area contributed by atoms with E-state index < -0.39 is 11.9 Å². The first-order chi connectivity index (χ1) is 10.5. The molecule has 0 spiro atoms. The number of methoxy groups -OCH3 is 2. The number of carbonyl (C=O) groups excluding carboxylic acids is 3. The van der Waals surface area contributed by atoms with E-state index in [2.05, 4.69) is 20.1 Å². The molecule has 0 aromatic heterocycles. The fraction of sp³-hybridized carbons (Fsp3) is 0.267. The van der Waals surface area contributed by atoms with Crippen LogP contribution in [0.2, 0.25) is 0 Å². The first-order valence-corrected chi connectivity index (χ1v) is 6.44. The molecule has 0 saturated carbocycles. The molecule has 118 valence electrons. The predicted octanol–water partition coefficient (Wildman–Crippen LogP) is 0.617. The van der Waals surface area contributed by atoms with Gasteiger partial charge in [-0.25, -0.2) is 9.59 Å². The molecule has 1 aromatic carbocycles. The SMILES string of the molecule is CNC(=O)Cc1ccc(N/C(=C/C(=O)OC)C(=O)OC)cc1. The largest absolute Gasteiger partial charge is 0.466 e. The minimum atomic E-state index is -0.695. The maximum absolute atomic E-state index is 11.6. The van der Waals surface area contributed by atoms with Gasteiger partial charge in [0.2, 0.25) is 5.91 Å². The summed E-state index contributed by atoms with van der Waals surface area (Å²) in [4.78, 5) is 34.1. The molecule has 1 rings (SSSR count). The Labute approximate surface area is 128 Å². The third-order valence-electron chi connectivity index (χ3n) is 2.75. The van der Waals surface area contributed by atoms with Crippen LogP contribution in [0, 0.1) is 0 Å². The standard InChI is InChI=1S/C15H18N2O5/c1-16-13(18)8-10-4-6-11(7-5-10)17-12(15(20)22-3)9-14(19)21-2/h4-7,9,17H,8H2,1-3H3,(H,16,18)/b12-9+. The van der Waals surface area contributed by atoms with Crippen molar-refractivity contribution in [1.29, 1.82) is 0 Å². The number of anilines is 1. The number of likely N-dealkylation sites (N-methyl/N-ethyl adjacent to an activating group) is 1. The van der Waals surface area contributed by atoms with Crippen molar-refractivity contribution < 1.29 is 23.9 Å². The lowest BCUT2D eigenvalue weighted by atomic mass is 10.1. The number of amides is 1. The summed E-state index contributed by atoms with van der Waals surface area (Å²) in [5.74, 6) is -1.47. The number of benzene rings is 1. The van der Waals surface area contributed by atoms with Crippen LogP contribution in [-0.2, 0) is 30.3 Å². The highest BCUT2D eigenvalue weighted by Gasteiger charge is 2.12. The number of nitrogens with one attached hydrogen (secondary N) is 2. The molecule has 0 saturated heterocycles. The van der Waals surface area contributed by atoms with Gasteiger partial charge in [-0.2, -0.15) is 0 Å². The second kappa shape index (κ2) is 8.46. The van der Waals surface area contributed by atoms with Crippen molar-refractivity contribution in [3.63, 3.8) is 0 Å². The summed E-state index contributed by atoms with van der Waals surface area (Å²) < 4.78 is 9.07. The fourth-order valence-corrected chi connectivity index (χ4v) is 1.57. The summed E-state index contributed by atoms with van der Waals surface area (Å²) in [6.07, 6.45) is 1.27. The smallest absolute Gasteiger partial charge is 0.354 e. The van der Waals surface area contributed by atoms with Crippen LogP contribution in [0.5, 0.6) is 0 Å². The number of hydrogen-bond donors (Lipinski definition) is 2. The van der Waals surface area contributed by atoms with Crippen molar-refractivity contribution >= 4 is 23.5 Å². The Kier molecular flexibility index (Phi) is 6.62. The Hall–Kier alpha value is -2.83. The van der Waals surface area contributed by atoms with Crippen LogP contribution >= 0.6 is 0 Å². The lowest BCUT2D eigenvalue weighted by Crippen LogP contribution is -2.19. The summed E-state index contributed by atoms with van der Waals surface area (Å²) in [6.45, 7) is 0. The number of rotatable bonds is 6. The van der Waals surface area contributed by atoms with Crippen LogP contribution in [0.15, 0.2) is 36.0 Å². The van der Waals surface area contributed by atoms with Crippen LogP contribution < -0.4 is 10.6 Å². The van der Waals surface area contributed by atoms with Crippen molar-refractivity contribution in [2.24, 2.45) is 0 Å². The van der Waals surface area contributed by atoms with Crippen LogP contribution in [0.4, 0.5) is 5.69 Å². The third-order valence-corrected chi connectivity index (χ3v) is 2.75. The second-order valence-electron chi connectivity index (χ2n) is 4.24. The Morgan fingerprint density at radius 1 is 1.09 bits per heavy atom. The third kappa shape index (κ3) is 5.28. The van der Waals surface area contributed by atoms with Crippen LogP contribution in [0.1, 0.15) is 5.56 Å². The minimum Gasteiger partial charge on any atom is -0.466 e. The molecule has 0 radical (unpaired) electrons. The van der Waals surface area contributed by atoms with Gasteiger partial charge in [0.05, 0.1) is 26.7 Å². The van der Waals surface area contributed by atoms with Gasteiger partial charge in [0.25, 0.3) is 0 Å². The molecule has 0 aliphatic carbocycles. The Bertz CT molecular complexity index is 578. The van der Waals surface area contributed by atoms with Gasteiger partial charge in [-0.05, 0) is 17.7 Å². The summed E-state index contributed by atoms with van der Waals surface area (Å²) in [7, 11) is 3.99. The Morgan fingerprint density at radius 2 is 1.73 bits per heavy atom. The first-order valence-electron chi connectivity index (χ1n) is 6.44. The normalized spacial score (nSPS) is 10.6. The molecule has 0 unspecified atom stereocenters. The predicted molar refractivity (Wildman–Crippen MR) is 80.0 cm³/mol. The fourth-order valence-electron chi connectivity index (χ4n) is 1.57. The monoisotopic (exact) mass is 306 g/mol. The molecule has 1 aromatic rings. The van der Waals surface area contributed by atoms with Crippen LogP contribution in [-0.4, -0.2) is 39.1 Å². The highest BCUT2D eigenvalue weighted by Crippen LogP contribution is 2.13. The molecule has 0 aliphatic heterocycles. The topological polar surface area (TPSA) is 93.7 Å². The van der Waals surface area contributed by atoms with Crippen molar-refractivity contribution in [3.8, 4) is 0 Å². The summed E-state index contributed by atoms with van der Waals surface area (Å²) in [5.41, 5.74) is 1.34. The van der Waals surface area contributed by atoms with Crippen molar-refractivity contribution in [2.75, 3.05) is 26.6 Å². The average Bonchev–Trinajstić information content (AvgIpc) is 2.54. The number of ether oxygens (including phenoxy) is 2. The van der Waals surface area contributed by atoms with Gasteiger partial charge in [-0.1, -0.05) is 12.1 Å². The molecule has 2 N–H and O–H groups in total. The molecule has 0 bridgehead atoms. The summed E-state index contributed by atoms with van der Waals surface area (Å²) >= 11 is 0. The molecule has 7 heteroatoms. The minimum absolute atomic E-state index is 0.0478. The van der Waals surface area contributed by atoms with Gasteiger partial charge >= 0.3 is 11.9 Å². The van der Waals surface area contributed by atoms with E-state index >= 15 is 0 Å². The highest BCUT2D eigenvalue weighted by molar-refractivity contribution is 5.98. The number of carbonyl (C=O) groups is 3. The van der Waals surface area contributed by atoms with Crippen molar-refractivity contribution in [3.05, 3.63) is 41.6 Å². The molecule has 7 nitrogen and oxygen atoms in total. The van der Waals surface area contributed by atoms with E-state index in [-0.39, 0.29) is 18.0 Å².